The van der Waals surface area contributed by atoms with Crippen LogP contribution < -0.4 is 0 Å². The number of likely N-dealkylation sites (tertiary alicyclic amines) is 2. The molecule has 2 saturated heterocycles. The molecule has 0 saturated carbocycles. The Balaban J connectivity index is 0.000000270. The summed E-state index contributed by atoms with van der Waals surface area (Å²) in [5.41, 5.74) is 5.31. The summed E-state index contributed by atoms with van der Waals surface area (Å²) in [6.07, 6.45) is 17.0. The summed E-state index contributed by atoms with van der Waals surface area (Å²) in [4.78, 5) is 49.9. The average Bonchev–Trinajstić information content (AvgIpc) is 3.62. The van der Waals surface area contributed by atoms with Crippen LogP contribution in [0, 0.1) is 11.8 Å². The van der Waals surface area contributed by atoms with Crippen LogP contribution in [-0.2, 0) is 22.4 Å². The first-order valence-electron chi connectivity index (χ1n) is 17.7. The Bertz CT molecular complexity index is 1460. The van der Waals surface area contributed by atoms with Gasteiger partial charge in [0.15, 0.2) is 0 Å². The van der Waals surface area contributed by atoms with Crippen molar-refractivity contribution in [1.82, 2.24) is 9.80 Å². The summed E-state index contributed by atoms with van der Waals surface area (Å²) in [5.74, 6) is -0.394. The van der Waals surface area contributed by atoms with Gasteiger partial charge in [0.2, 0.25) is 11.8 Å². The zero-order chi connectivity index (χ0) is 36.8. The van der Waals surface area contributed by atoms with E-state index in [-0.39, 0.29) is 35.0 Å². The van der Waals surface area contributed by atoms with Gasteiger partial charge in [0.25, 0.3) is 0 Å². The van der Waals surface area contributed by atoms with Gasteiger partial charge in [0, 0.05) is 25.9 Å². The monoisotopic (exact) mass is 682 g/mol. The molecule has 0 aromatic heterocycles. The molecule has 2 aromatic carbocycles. The van der Waals surface area contributed by atoms with Crippen molar-refractivity contribution in [3.63, 3.8) is 0 Å². The van der Waals surface area contributed by atoms with E-state index >= 15 is 0 Å². The first kappa shape index (κ1) is 39.7. The number of carbonyl (C=O) groups is 4. The van der Waals surface area contributed by atoms with E-state index in [1.165, 1.54) is 11.1 Å². The van der Waals surface area contributed by atoms with Gasteiger partial charge in [-0.15, -0.1) is 0 Å². The highest BCUT2D eigenvalue weighted by Crippen LogP contribution is 2.22. The lowest BCUT2D eigenvalue weighted by atomic mass is 10.0. The topological polar surface area (TPSA) is 115 Å². The van der Waals surface area contributed by atoms with Crippen LogP contribution in [0.5, 0.6) is 0 Å². The predicted molar refractivity (Wildman–Crippen MR) is 199 cm³/mol. The van der Waals surface area contributed by atoms with Crippen LogP contribution >= 0.6 is 0 Å². The summed E-state index contributed by atoms with van der Waals surface area (Å²) < 4.78 is 0. The van der Waals surface area contributed by atoms with Gasteiger partial charge in [-0.1, -0.05) is 99.6 Å². The maximum absolute atomic E-state index is 12.2. The van der Waals surface area contributed by atoms with Gasteiger partial charge in [0.05, 0.1) is 23.2 Å². The molecule has 268 valence electrons. The van der Waals surface area contributed by atoms with Crippen LogP contribution in [0.15, 0.2) is 96.1 Å². The number of rotatable bonds is 14. The van der Waals surface area contributed by atoms with Crippen LogP contribution in [0.4, 0.5) is 0 Å². The van der Waals surface area contributed by atoms with Gasteiger partial charge in [-0.3, -0.25) is 9.59 Å². The molecule has 0 radical (unpaired) electrons. The number of amides is 2. The van der Waals surface area contributed by atoms with Crippen LogP contribution in [0.25, 0.3) is 0 Å². The SMILES string of the molecule is C/C(=C\C=C/[C@H]1CCC(=O)N1CCc1ccc(C(=O)O)cc1)C(C)C.C/C(=C\C=C\[C@H]1CCC(=O)N1CCc1ccc(C(=O)O)cc1)C(C)C. The van der Waals surface area contributed by atoms with Crippen molar-refractivity contribution in [3.8, 4) is 0 Å². The zero-order valence-electron chi connectivity index (χ0n) is 30.5. The first-order valence-corrected chi connectivity index (χ1v) is 17.7. The molecule has 8 heteroatoms. The van der Waals surface area contributed by atoms with Crippen LogP contribution in [0.3, 0.4) is 0 Å². The number of allylic oxidation sites excluding steroid dienone is 6. The second-order valence-electron chi connectivity index (χ2n) is 13.8. The van der Waals surface area contributed by atoms with Crippen molar-refractivity contribution < 1.29 is 29.4 Å². The number of benzene rings is 2. The Morgan fingerprint density at radius 2 is 1.00 bits per heavy atom. The first-order chi connectivity index (χ1) is 23.8. The second kappa shape index (κ2) is 19.5. The van der Waals surface area contributed by atoms with Crippen molar-refractivity contribution in [2.75, 3.05) is 13.1 Å². The van der Waals surface area contributed by atoms with E-state index in [1.54, 1.807) is 24.3 Å². The van der Waals surface area contributed by atoms with Gasteiger partial charge < -0.3 is 20.0 Å². The maximum Gasteiger partial charge on any atom is 0.335 e. The number of nitrogens with zero attached hydrogens (tertiary/aromatic N) is 2. The smallest absolute Gasteiger partial charge is 0.335 e. The molecule has 2 aromatic rings. The molecule has 2 atom stereocenters. The van der Waals surface area contributed by atoms with Crippen molar-refractivity contribution >= 4 is 23.8 Å². The number of hydrogen-bond donors (Lipinski definition) is 2. The van der Waals surface area contributed by atoms with Crippen LogP contribution in [-0.4, -0.2) is 68.9 Å². The molecule has 2 aliphatic rings. The molecule has 0 spiro atoms. The zero-order valence-corrected chi connectivity index (χ0v) is 30.5. The lowest BCUT2D eigenvalue weighted by Crippen LogP contribution is -2.33. The number of carbonyl (C=O) groups excluding carboxylic acids is 2. The molecule has 2 N–H and O–H groups in total. The minimum absolute atomic E-state index is 0.155. The summed E-state index contributed by atoms with van der Waals surface area (Å²) >= 11 is 0. The third-order valence-corrected chi connectivity index (χ3v) is 9.64. The number of carboxylic acids is 2. The summed E-state index contributed by atoms with van der Waals surface area (Å²) in [7, 11) is 0. The Morgan fingerprint density at radius 1 is 0.660 bits per heavy atom. The Hall–Kier alpha value is -4.72. The molecule has 0 bridgehead atoms. The predicted octanol–water partition coefficient (Wildman–Crippen LogP) is 8.15. The number of carboxylic acid groups (broad SMARTS) is 2. The second-order valence-corrected chi connectivity index (χ2v) is 13.8. The van der Waals surface area contributed by atoms with Gasteiger partial charge in [-0.05, 0) is 86.8 Å². The third-order valence-electron chi connectivity index (χ3n) is 9.64. The fourth-order valence-corrected chi connectivity index (χ4v) is 5.68. The van der Waals surface area contributed by atoms with Gasteiger partial charge in [0.1, 0.15) is 0 Å². The van der Waals surface area contributed by atoms with Crippen molar-refractivity contribution in [2.24, 2.45) is 11.8 Å². The van der Waals surface area contributed by atoms with E-state index in [9.17, 15) is 19.2 Å². The molecule has 2 heterocycles. The van der Waals surface area contributed by atoms with E-state index < -0.39 is 11.9 Å². The van der Waals surface area contributed by atoms with E-state index in [0.717, 1.165) is 36.8 Å². The highest BCUT2D eigenvalue weighted by molar-refractivity contribution is 5.88. The fraction of sp³-hybridized carbons (Fsp3) is 0.429. The largest absolute Gasteiger partial charge is 0.478 e. The fourth-order valence-electron chi connectivity index (χ4n) is 5.68. The maximum atomic E-state index is 12.2. The average molecular weight is 683 g/mol. The van der Waals surface area contributed by atoms with Gasteiger partial charge in [-0.25, -0.2) is 9.59 Å². The molecule has 0 aliphatic carbocycles. The highest BCUT2D eigenvalue weighted by atomic mass is 16.4. The standard InChI is InChI=1S/2C21H27NO3/c2*1-15(2)16(3)5-4-6-19-11-12-20(23)22(19)14-13-17-7-9-18(10-8-17)21(24)25/h2*4-10,15,19H,11-14H2,1-3H3,(H,24,25)/b6-4+,16-5+;6-4-,16-5+/t2*19-/m00/s1. The van der Waals surface area contributed by atoms with Crippen molar-refractivity contribution in [1.29, 1.82) is 0 Å². The highest BCUT2D eigenvalue weighted by Gasteiger charge is 2.29. The minimum Gasteiger partial charge on any atom is -0.478 e. The van der Waals surface area contributed by atoms with Crippen LogP contribution in [0.2, 0.25) is 0 Å². The molecule has 8 nitrogen and oxygen atoms in total. The van der Waals surface area contributed by atoms with Gasteiger partial charge in [-0.2, -0.15) is 0 Å². The normalized spacial score (nSPS) is 18.6. The van der Waals surface area contributed by atoms with E-state index in [4.69, 9.17) is 10.2 Å². The summed E-state index contributed by atoms with van der Waals surface area (Å²) in [6.45, 7) is 14.2. The molecule has 2 aliphatic heterocycles. The summed E-state index contributed by atoms with van der Waals surface area (Å²) in [6, 6.07) is 14.0. The van der Waals surface area contributed by atoms with Crippen molar-refractivity contribution in [3.05, 3.63) is 118 Å². The minimum atomic E-state index is -0.920. The lowest BCUT2D eigenvalue weighted by Gasteiger charge is -2.22. The molecular weight excluding hydrogens is 628 g/mol. The Kier molecular flexibility index (Phi) is 15.5. The van der Waals surface area contributed by atoms with E-state index in [2.05, 4.69) is 78.0 Å². The molecule has 4 rings (SSSR count). The Labute approximate surface area is 297 Å². The van der Waals surface area contributed by atoms with Gasteiger partial charge >= 0.3 is 11.9 Å². The molecular formula is C42H54N2O6. The summed E-state index contributed by atoms with van der Waals surface area (Å²) in [5, 5.41) is 17.9. The van der Waals surface area contributed by atoms with E-state index in [1.807, 2.05) is 34.1 Å². The molecule has 2 fully saturated rings. The molecule has 2 amide bonds. The number of aromatic carboxylic acids is 2. The lowest BCUT2D eigenvalue weighted by molar-refractivity contribution is -0.129. The quantitative estimate of drug-likeness (QED) is 0.194. The third kappa shape index (κ3) is 12.3. The number of hydrogen-bond acceptors (Lipinski definition) is 4. The van der Waals surface area contributed by atoms with Crippen LogP contribution in [0.1, 0.15) is 99.1 Å². The van der Waals surface area contributed by atoms with E-state index in [0.29, 0.717) is 37.8 Å². The molecule has 0 unspecified atom stereocenters. The Morgan fingerprint density at radius 3 is 1.30 bits per heavy atom. The van der Waals surface area contributed by atoms with Crippen molar-refractivity contribution in [2.45, 2.75) is 92.2 Å². The molecule has 50 heavy (non-hydrogen) atoms.